The first-order chi connectivity index (χ1) is 11.9. The molecule has 0 atom stereocenters. The summed E-state index contributed by atoms with van der Waals surface area (Å²) in [5, 5.41) is 1.28. The lowest BCUT2D eigenvalue weighted by molar-refractivity contribution is -0.122. The molecule has 1 amide bonds. The summed E-state index contributed by atoms with van der Waals surface area (Å²) in [4.78, 5) is 19.8. The monoisotopic (exact) mass is 374 g/mol. The second-order valence-electron chi connectivity index (χ2n) is 6.24. The highest BCUT2D eigenvalue weighted by molar-refractivity contribution is 8.18. The maximum atomic E-state index is 12.8. The van der Waals surface area contributed by atoms with Gasteiger partial charge in [-0.3, -0.25) is 9.69 Å². The minimum atomic E-state index is -0.0477. The fourth-order valence-corrected chi connectivity index (χ4v) is 3.61. The Morgan fingerprint density at radius 3 is 2.76 bits per heavy atom. The van der Waals surface area contributed by atoms with Gasteiger partial charge in [0.15, 0.2) is 5.17 Å². The van der Waals surface area contributed by atoms with Crippen molar-refractivity contribution in [2.45, 2.75) is 20.8 Å². The van der Waals surface area contributed by atoms with Gasteiger partial charge in [0.1, 0.15) is 11.5 Å². The third-order valence-corrected chi connectivity index (χ3v) is 4.74. The lowest BCUT2D eigenvalue weighted by Gasteiger charge is -2.17. The standard InChI is InChI=1S/C19H19ClN2O2S/c1-12(2)11-22-18(23)17(10-16-8-7-13(3)24-16)25-19(22)21-15-6-4-5-14(20)9-15/h4-10,12H,11H2,1-3H3/b17-10+,21-19?. The number of aryl methyl sites for hydroxylation is 1. The van der Waals surface area contributed by atoms with Gasteiger partial charge in [-0.1, -0.05) is 31.5 Å². The van der Waals surface area contributed by atoms with Crippen molar-refractivity contribution in [1.82, 2.24) is 4.90 Å². The summed E-state index contributed by atoms with van der Waals surface area (Å²) in [5.74, 6) is 1.77. The second kappa shape index (κ2) is 7.50. The van der Waals surface area contributed by atoms with E-state index < -0.39 is 0 Å². The van der Waals surface area contributed by atoms with E-state index in [1.165, 1.54) is 11.8 Å². The third-order valence-electron chi connectivity index (χ3n) is 3.50. The van der Waals surface area contributed by atoms with Crippen molar-refractivity contribution in [3.05, 3.63) is 57.8 Å². The molecule has 0 unspecified atom stereocenters. The van der Waals surface area contributed by atoms with Crippen LogP contribution in [-0.2, 0) is 4.79 Å². The Hall–Kier alpha value is -1.98. The zero-order valence-corrected chi connectivity index (χ0v) is 15.9. The molecule has 1 aromatic heterocycles. The van der Waals surface area contributed by atoms with Crippen molar-refractivity contribution in [3.63, 3.8) is 0 Å². The number of carbonyl (C=O) groups is 1. The Morgan fingerprint density at radius 1 is 1.32 bits per heavy atom. The van der Waals surface area contributed by atoms with Gasteiger partial charge in [0.25, 0.3) is 5.91 Å². The lowest BCUT2D eigenvalue weighted by atomic mass is 10.2. The summed E-state index contributed by atoms with van der Waals surface area (Å²) >= 11 is 7.40. The summed E-state index contributed by atoms with van der Waals surface area (Å²) in [5.41, 5.74) is 0.728. The number of benzene rings is 1. The number of amidine groups is 1. The van der Waals surface area contributed by atoms with Crippen LogP contribution in [0.15, 0.2) is 50.7 Å². The quantitative estimate of drug-likeness (QED) is 0.663. The molecule has 0 saturated carbocycles. The number of hydrogen-bond acceptors (Lipinski definition) is 4. The smallest absolute Gasteiger partial charge is 0.266 e. The highest BCUT2D eigenvalue weighted by atomic mass is 35.5. The van der Waals surface area contributed by atoms with Gasteiger partial charge in [0, 0.05) is 17.6 Å². The van der Waals surface area contributed by atoms with Crippen LogP contribution in [0.2, 0.25) is 5.02 Å². The van der Waals surface area contributed by atoms with Gasteiger partial charge in [-0.15, -0.1) is 0 Å². The maximum Gasteiger partial charge on any atom is 0.266 e. The average Bonchev–Trinajstić information content (AvgIpc) is 3.06. The zero-order chi connectivity index (χ0) is 18.0. The van der Waals surface area contributed by atoms with Gasteiger partial charge in [-0.05, 0) is 54.9 Å². The number of thioether (sulfide) groups is 1. The maximum absolute atomic E-state index is 12.8. The summed E-state index contributed by atoms with van der Waals surface area (Å²) in [7, 11) is 0. The molecule has 130 valence electrons. The molecule has 2 heterocycles. The normalized spacial score (nSPS) is 18.1. The molecule has 3 rings (SSSR count). The van der Waals surface area contributed by atoms with Crippen molar-refractivity contribution >= 4 is 46.2 Å². The van der Waals surface area contributed by atoms with E-state index in [4.69, 9.17) is 16.0 Å². The van der Waals surface area contributed by atoms with Crippen LogP contribution in [0.4, 0.5) is 5.69 Å². The number of furan rings is 1. The van der Waals surface area contributed by atoms with Gasteiger partial charge < -0.3 is 4.42 Å². The van der Waals surface area contributed by atoms with Gasteiger partial charge in [-0.2, -0.15) is 0 Å². The van der Waals surface area contributed by atoms with Crippen LogP contribution in [0.5, 0.6) is 0 Å². The first-order valence-electron chi connectivity index (χ1n) is 8.04. The first kappa shape index (κ1) is 17.8. The Morgan fingerprint density at radius 2 is 2.12 bits per heavy atom. The van der Waals surface area contributed by atoms with Crippen LogP contribution in [0.1, 0.15) is 25.4 Å². The summed E-state index contributed by atoms with van der Waals surface area (Å²) < 4.78 is 5.56. The number of hydrogen-bond donors (Lipinski definition) is 0. The Labute approximate surface area is 156 Å². The molecule has 1 aromatic carbocycles. The van der Waals surface area contributed by atoms with Gasteiger partial charge in [-0.25, -0.2) is 4.99 Å². The van der Waals surface area contributed by atoms with Gasteiger partial charge in [0.05, 0.1) is 10.6 Å². The zero-order valence-electron chi connectivity index (χ0n) is 14.3. The van der Waals surface area contributed by atoms with Crippen molar-refractivity contribution in [2.24, 2.45) is 10.9 Å². The molecule has 1 saturated heterocycles. The van der Waals surface area contributed by atoms with E-state index in [2.05, 4.69) is 18.8 Å². The van der Waals surface area contributed by atoms with Crippen LogP contribution >= 0.6 is 23.4 Å². The van der Waals surface area contributed by atoms with Crippen molar-refractivity contribution in [1.29, 1.82) is 0 Å². The van der Waals surface area contributed by atoms with Crippen molar-refractivity contribution in [2.75, 3.05) is 6.54 Å². The second-order valence-corrected chi connectivity index (χ2v) is 7.69. The molecule has 25 heavy (non-hydrogen) atoms. The van der Waals surface area contributed by atoms with E-state index in [0.29, 0.717) is 33.3 Å². The van der Waals surface area contributed by atoms with Crippen LogP contribution < -0.4 is 0 Å². The average molecular weight is 375 g/mol. The third kappa shape index (κ3) is 4.35. The number of aliphatic imine (C=N–C) groups is 1. The van der Waals surface area contributed by atoms with Crippen LogP contribution in [0, 0.1) is 12.8 Å². The topological polar surface area (TPSA) is 45.8 Å². The molecule has 4 nitrogen and oxygen atoms in total. The predicted molar refractivity (Wildman–Crippen MR) is 104 cm³/mol. The van der Waals surface area contributed by atoms with Crippen LogP contribution in [0.3, 0.4) is 0 Å². The molecule has 1 aliphatic rings. The van der Waals surface area contributed by atoms with Gasteiger partial charge in [0.2, 0.25) is 0 Å². The number of halogens is 1. The first-order valence-corrected chi connectivity index (χ1v) is 9.24. The SMILES string of the molecule is Cc1ccc(/C=C2/SC(=Nc3cccc(Cl)c3)N(CC(C)C)C2=O)o1. The highest BCUT2D eigenvalue weighted by Crippen LogP contribution is 2.35. The van der Waals surface area contributed by atoms with E-state index in [-0.39, 0.29) is 5.91 Å². The molecule has 2 aromatic rings. The Balaban J connectivity index is 1.95. The Bertz CT molecular complexity index is 855. The molecule has 0 N–H and O–H groups in total. The van der Waals surface area contributed by atoms with E-state index >= 15 is 0 Å². The van der Waals surface area contributed by atoms with E-state index in [0.717, 1.165) is 11.4 Å². The fraction of sp³-hybridized carbons (Fsp3) is 0.263. The molecule has 0 bridgehead atoms. The molecule has 6 heteroatoms. The van der Waals surface area contributed by atoms with Crippen LogP contribution in [0.25, 0.3) is 6.08 Å². The van der Waals surface area contributed by atoms with E-state index in [9.17, 15) is 4.79 Å². The minimum absolute atomic E-state index is 0.0477. The van der Waals surface area contributed by atoms with E-state index in [1.54, 1.807) is 23.1 Å². The fourth-order valence-electron chi connectivity index (χ4n) is 2.43. The van der Waals surface area contributed by atoms with Gasteiger partial charge >= 0.3 is 0 Å². The molecule has 0 spiro atoms. The summed E-state index contributed by atoms with van der Waals surface area (Å²) in [6.45, 7) is 6.64. The number of carbonyl (C=O) groups excluding carboxylic acids is 1. The summed E-state index contributed by atoms with van der Waals surface area (Å²) in [6, 6.07) is 11.0. The lowest BCUT2D eigenvalue weighted by Crippen LogP contribution is -2.32. The largest absolute Gasteiger partial charge is 0.462 e. The Kier molecular flexibility index (Phi) is 5.35. The van der Waals surface area contributed by atoms with E-state index in [1.807, 2.05) is 31.2 Å². The molecule has 1 fully saturated rings. The molecular formula is C19H19ClN2O2S. The van der Waals surface area contributed by atoms with Crippen LogP contribution in [-0.4, -0.2) is 22.5 Å². The number of amides is 1. The predicted octanol–water partition coefficient (Wildman–Crippen LogP) is 5.50. The molecule has 1 aliphatic heterocycles. The highest BCUT2D eigenvalue weighted by Gasteiger charge is 2.34. The van der Waals surface area contributed by atoms with Crippen molar-refractivity contribution < 1.29 is 9.21 Å². The molecule has 0 radical (unpaired) electrons. The number of rotatable bonds is 4. The van der Waals surface area contributed by atoms with Crippen molar-refractivity contribution in [3.8, 4) is 0 Å². The summed E-state index contributed by atoms with van der Waals surface area (Å²) in [6.07, 6.45) is 1.77. The molecular weight excluding hydrogens is 356 g/mol. The number of nitrogens with zero attached hydrogens (tertiary/aromatic N) is 2. The minimum Gasteiger partial charge on any atom is -0.462 e. The molecule has 0 aliphatic carbocycles.